The Morgan fingerprint density at radius 1 is 1.44 bits per heavy atom. The Bertz CT molecular complexity index is 244. The van der Waals surface area contributed by atoms with Gasteiger partial charge in [-0.2, -0.15) is 0 Å². The van der Waals surface area contributed by atoms with Gasteiger partial charge in [0.05, 0.1) is 6.04 Å². The van der Waals surface area contributed by atoms with Gasteiger partial charge in [0.25, 0.3) is 0 Å². The molecular weight excluding hydrogens is 202 g/mol. The summed E-state index contributed by atoms with van der Waals surface area (Å²) in [7, 11) is 3.85. The SMILES string of the molecule is CNC(=O)C(C)NC1CC(C)N(C)CC1C. The van der Waals surface area contributed by atoms with Gasteiger partial charge in [-0.3, -0.25) is 4.79 Å². The van der Waals surface area contributed by atoms with E-state index in [0.717, 1.165) is 13.0 Å². The van der Waals surface area contributed by atoms with Crippen LogP contribution >= 0.6 is 0 Å². The number of hydrogen-bond acceptors (Lipinski definition) is 3. The maximum absolute atomic E-state index is 11.5. The van der Waals surface area contributed by atoms with E-state index in [2.05, 4.69) is 36.4 Å². The standard InChI is InChI=1S/C12H25N3O/c1-8-7-15(5)9(2)6-11(8)14-10(3)12(16)13-4/h8-11,14H,6-7H2,1-5H3,(H,13,16). The van der Waals surface area contributed by atoms with Crippen molar-refractivity contribution in [3.8, 4) is 0 Å². The number of likely N-dealkylation sites (tertiary alicyclic amines) is 1. The van der Waals surface area contributed by atoms with E-state index in [1.54, 1.807) is 7.05 Å². The molecule has 16 heavy (non-hydrogen) atoms. The summed E-state index contributed by atoms with van der Waals surface area (Å²) in [6.07, 6.45) is 1.11. The third-order valence-corrected chi connectivity index (χ3v) is 3.71. The highest BCUT2D eigenvalue weighted by Gasteiger charge is 2.30. The maximum Gasteiger partial charge on any atom is 0.236 e. The van der Waals surface area contributed by atoms with Gasteiger partial charge in [-0.05, 0) is 33.2 Å². The summed E-state index contributed by atoms with van der Waals surface area (Å²) in [5, 5.41) is 6.11. The molecule has 1 amide bonds. The molecule has 0 radical (unpaired) electrons. The van der Waals surface area contributed by atoms with Crippen molar-refractivity contribution >= 4 is 5.91 Å². The van der Waals surface area contributed by atoms with Gasteiger partial charge < -0.3 is 15.5 Å². The first-order valence-corrected chi connectivity index (χ1v) is 6.13. The zero-order valence-electron chi connectivity index (χ0n) is 11.1. The average Bonchev–Trinajstić information content (AvgIpc) is 2.24. The Morgan fingerprint density at radius 3 is 2.62 bits per heavy atom. The van der Waals surface area contributed by atoms with Gasteiger partial charge in [-0.25, -0.2) is 0 Å². The van der Waals surface area contributed by atoms with Crippen LogP contribution in [0, 0.1) is 5.92 Å². The van der Waals surface area contributed by atoms with E-state index in [9.17, 15) is 4.79 Å². The first-order chi connectivity index (χ1) is 7.45. The second-order valence-electron chi connectivity index (χ2n) is 5.11. The number of rotatable bonds is 3. The maximum atomic E-state index is 11.5. The van der Waals surface area contributed by atoms with Gasteiger partial charge in [0, 0.05) is 25.7 Å². The second kappa shape index (κ2) is 5.64. The van der Waals surface area contributed by atoms with Crippen LogP contribution < -0.4 is 10.6 Å². The average molecular weight is 227 g/mol. The Hall–Kier alpha value is -0.610. The summed E-state index contributed by atoms with van der Waals surface area (Å²) >= 11 is 0. The molecule has 1 saturated heterocycles. The van der Waals surface area contributed by atoms with Crippen LogP contribution in [0.1, 0.15) is 27.2 Å². The summed E-state index contributed by atoms with van der Waals surface area (Å²) in [5.41, 5.74) is 0. The first-order valence-electron chi connectivity index (χ1n) is 6.13. The van der Waals surface area contributed by atoms with Gasteiger partial charge >= 0.3 is 0 Å². The van der Waals surface area contributed by atoms with E-state index in [-0.39, 0.29) is 11.9 Å². The van der Waals surface area contributed by atoms with Gasteiger partial charge in [-0.1, -0.05) is 6.92 Å². The Kier molecular flexibility index (Phi) is 4.74. The van der Waals surface area contributed by atoms with Crippen LogP contribution in [0.5, 0.6) is 0 Å². The third kappa shape index (κ3) is 3.19. The molecule has 1 aliphatic rings. The lowest BCUT2D eigenvalue weighted by Gasteiger charge is -2.41. The molecule has 0 aromatic carbocycles. The Balaban J connectivity index is 2.50. The lowest BCUT2D eigenvalue weighted by Crippen LogP contribution is -2.55. The van der Waals surface area contributed by atoms with Crippen molar-refractivity contribution in [2.75, 3.05) is 20.6 Å². The molecule has 1 fully saturated rings. The van der Waals surface area contributed by atoms with Crippen LogP contribution in [0.15, 0.2) is 0 Å². The molecule has 0 aromatic rings. The number of amides is 1. The fourth-order valence-electron chi connectivity index (χ4n) is 2.39. The molecule has 4 unspecified atom stereocenters. The van der Waals surface area contributed by atoms with E-state index in [1.165, 1.54) is 0 Å². The minimum Gasteiger partial charge on any atom is -0.358 e. The highest BCUT2D eigenvalue weighted by Crippen LogP contribution is 2.20. The van der Waals surface area contributed by atoms with E-state index in [0.29, 0.717) is 18.0 Å². The fraction of sp³-hybridized carbons (Fsp3) is 0.917. The van der Waals surface area contributed by atoms with Crippen LogP contribution in [0.3, 0.4) is 0 Å². The van der Waals surface area contributed by atoms with Crippen LogP contribution in [-0.2, 0) is 4.79 Å². The molecular formula is C12H25N3O. The van der Waals surface area contributed by atoms with E-state index in [1.807, 2.05) is 6.92 Å². The molecule has 1 aliphatic heterocycles. The number of carbonyl (C=O) groups excluding carboxylic acids is 1. The number of nitrogens with zero attached hydrogens (tertiary/aromatic N) is 1. The summed E-state index contributed by atoms with van der Waals surface area (Å²) in [6, 6.07) is 0.928. The van der Waals surface area contributed by atoms with E-state index in [4.69, 9.17) is 0 Å². The smallest absolute Gasteiger partial charge is 0.236 e. The molecule has 4 heteroatoms. The fourth-order valence-corrected chi connectivity index (χ4v) is 2.39. The van der Waals surface area contributed by atoms with Gasteiger partial charge in [0.1, 0.15) is 0 Å². The Labute approximate surface area is 98.8 Å². The predicted octanol–water partition coefficient (Wildman–Crippen LogP) is 0.439. The monoisotopic (exact) mass is 227 g/mol. The van der Waals surface area contributed by atoms with Crippen LogP contribution in [0.2, 0.25) is 0 Å². The summed E-state index contributed by atoms with van der Waals surface area (Å²) in [6.45, 7) is 7.51. The molecule has 0 spiro atoms. The zero-order valence-corrected chi connectivity index (χ0v) is 11.1. The zero-order chi connectivity index (χ0) is 12.3. The minimum atomic E-state index is -0.104. The van der Waals surface area contributed by atoms with Crippen molar-refractivity contribution in [3.63, 3.8) is 0 Å². The number of piperidine rings is 1. The summed E-state index contributed by atoms with van der Waals surface area (Å²) in [5.74, 6) is 0.659. The highest BCUT2D eigenvalue weighted by molar-refractivity contribution is 5.80. The largest absolute Gasteiger partial charge is 0.358 e. The third-order valence-electron chi connectivity index (χ3n) is 3.71. The number of likely N-dealkylation sites (N-methyl/N-ethyl adjacent to an activating group) is 1. The molecule has 0 saturated carbocycles. The molecule has 4 atom stereocenters. The molecule has 2 N–H and O–H groups in total. The quantitative estimate of drug-likeness (QED) is 0.735. The lowest BCUT2D eigenvalue weighted by molar-refractivity contribution is -0.122. The topological polar surface area (TPSA) is 44.4 Å². The normalized spacial score (nSPS) is 33.4. The van der Waals surface area contributed by atoms with Gasteiger partial charge in [0.15, 0.2) is 0 Å². The summed E-state index contributed by atoms with van der Waals surface area (Å²) in [4.78, 5) is 13.8. The lowest BCUT2D eigenvalue weighted by atomic mass is 9.89. The van der Waals surface area contributed by atoms with E-state index >= 15 is 0 Å². The molecule has 0 bridgehead atoms. The molecule has 4 nitrogen and oxygen atoms in total. The highest BCUT2D eigenvalue weighted by atomic mass is 16.2. The minimum absolute atomic E-state index is 0.0683. The second-order valence-corrected chi connectivity index (χ2v) is 5.11. The van der Waals surface area contributed by atoms with Crippen molar-refractivity contribution < 1.29 is 4.79 Å². The number of carbonyl (C=O) groups is 1. The number of nitrogens with one attached hydrogen (secondary N) is 2. The molecule has 0 aromatic heterocycles. The van der Waals surface area contributed by atoms with E-state index < -0.39 is 0 Å². The van der Waals surface area contributed by atoms with Crippen LogP contribution in [0.25, 0.3) is 0 Å². The van der Waals surface area contributed by atoms with Crippen molar-refractivity contribution in [3.05, 3.63) is 0 Å². The van der Waals surface area contributed by atoms with Crippen LogP contribution in [0.4, 0.5) is 0 Å². The van der Waals surface area contributed by atoms with Gasteiger partial charge in [-0.15, -0.1) is 0 Å². The molecule has 0 aliphatic carbocycles. The molecule has 1 heterocycles. The van der Waals surface area contributed by atoms with Crippen molar-refractivity contribution in [1.82, 2.24) is 15.5 Å². The number of hydrogen-bond donors (Lipinski definition) is 2. The van der Waals surface area contributed by atoms with Crippen molar-refractivity contribution in [1.29, 1.82) is 0 Å². The molecule has 1 rings (SSSR count). The first kappa shape index (κ1) is 13.5. The van der Waals surface area contributed by atoms with Crippen molar-refractivity contribution in [2.45, 2.75) is 45.3 Å². The summed E-state index contributed by atoms with van der Waals surface area (Å²) < 4.78 is 0. The Morgan fingerprint density at radius 2 is 2.06 bits per heavy atom. The van der Waals surface area contributed by atoms with Crippen molar-refractivity contribution in [2.24, 2.45) is 5.92 Å². The molecule has 94 valence electrons. The van der Waals surface area contributed by atoms with Gasteiger partial charge in [0.2, 0.25) is 5.91 Å². The predicted molar refractivity (Wildman–Crippen MR) is 66.3 cm³/mol. The van der Waals surface area contributed by atoms with Crippen LogP contribution in [-0.4, -0.2) is 49.6 Å².